The maximum Gasteiger partial charge on any atom is 0.307 e. The molecule has 1 saturated heterocycles. The average molecular weight is 290 g/mol. The van der Waals surface area contributed by atoms with Gasteiger partial charge in [-0.2, -0.15) is 17.0 Å². The maximum atomic E-state index is 12.4. The van der Waals surface area contributed by atoms with Gasteiger partial charge in [0, 0.05) is 25.7 Å². The quantitative estimate of drug-likeness (QED) is 0.834. The predicted octanol–water partition coefficient (Wildman–Crippen LogP) is 0.902. The Morgan fingerprint density at radius 1 is 1.26 bits per heavy atom. The van der Waals surface area contributed by atoms with Crippen LogP contribution in [0.15, 0.2) is 0 Å². The van der Waals surface area contributed by atoms with Crippen LogP contribution in [0.25, 0.3) is 0 Å². The van der Waals surface area contributed by atoms with Gasteiger partial charge in [0.1, 0.15) is 0 Å². The summed E-state index contributed by atoms with van der Waals surface area (Å²) in [4.78, 5) is 10.8. The van der Waals surface area contributed by atoms with Crippen molar-refractivity contribution < 1.29 is 18.3 Å². The van der Waals surface area contributed by atoms with E-state index in [0.29, 0.717) is 13.1 Å². The Bertz CT molecular complexity index is 431. The van der Waals surface area contributed by atoms with Crippen molar-refractivity contribution >= 4 is 16.2 Å². The van der Waals surface area contributed by atoms with Gasteiger partial charge in [0.05, 0.1) is 5.92 Å². The first-order chi connectivity index (χ1) is 8.93. The lowest BCUT2D eigenvalue weighted by molar-refractivity contribution is -0.141. The van der Waals surface area contributed by atoms with Crippen LogP contribution in [-0.4, -0.2) is 53.8 Å². The molecule has 2 fully saturated rings. The Morgan fingerprint density at radius 3 is 2.47 bits per heavy atom. The molecule has 1 unspecified atom stereocenters. The normalized spacial score (nSPS) is 27.4. The van der Waals surface area contributed by atoms with E-state index in [1.54, 1.807) is 11.2 Å². The summed E-state index contributed by atoms with van der Waals surface area (Å²) in [5.74, 6) is -1.62. The highest BCUT2D eigenvalue weighted by molar-refractivity contribution is 7.87. The van der Waals surface area contributed by atoms with Crippen molar-refractivity contribution in [3.05, 3.63) is 0 Å². The Labute approximate surface area is 114 Å². The number of carbonyl (C=O) groups is 1. The maximum absolute atomic E-state index is 12.4. The second kappa shape index (κ2) is 5.76. The van der Waals surface area contributed by atoms with Crippen molar-refractivity contribution in [2.75, 3.05) is 19.6 Å². The third kappa shape index (κ3) is 3.09. The third-order valence-corrected chi connectivity index (χ3v) is 6.13. The van der Waals surface area contributed by atoms with Crippen LogP contribution in [-0.2, 0) is 15.0 Å². The zero-order chi connectivity index (χ0) is 14.0. The van der Waals surface area contributed by atoms with E-state index < -0.39 is 22.1 Å². The van der Waals surface area contributed by atoms with Gasteiger partial charge < -0.3 is 5.11 Å². The molecule has 0 radical (unpaired) electrons. The lowest BCUT2D eigenvalue weighted by Gasteiger charge is -2.30. The first kappa shape index (κ1) is 14.7. The molecule has 6 nitrogen and oxygen atoms in total. The average Bonchev–Trinajstić information content (AvgIpc) is 2.66. The molecule has 2 rings (SSSR count). The Hall–Kier alpha value is -0.660. The van der Waals surface area contributed by atoms with E-state index >= 15 is 0 Å². The van der Waals surface area contributed by atoms with Gasteiger partial charge in [0.15, 0.2) is 0 Å². The van der Waals surface area contributed by atoms with Gasteiger partial charge in [-0.3, -0.25) is 4.79 Å². The zero-order valence-electron chi connectivity index (χ0n) is 11.3. The lowest BCUT2D eigenvalue weighted by atomic mass is 9.95. The van der Waals surface area contributed by atoms with Crippen LogP contribution in [0.2, 0.25) is 0 Å². The van der Waals surface area contributed by atoms with Crippen LogP contribution in [0, 0.1) is 5.92 Å². The third-order valence-electron chi connectivity index (χ3n) is 4.07. The Kier molecular flexibility index (Phi) is 4.47. The van der Waals surface area contributed by atoms with Crippen molar-refractivity contribution in [3.63, 3.8) is 0 Å². The molecule has 110 valence electrons. The lowest BCUT2D eigenvalue weighted by Crippen LogP contribution is -2.42. The molecule has 0 aromatic carbocycles. The molecule has 1 aliphatic heterocycles. The highest BCUT2D eigenvalue weighted by Gasteiger charge is 2.41. The summed E-state index contributed by atoms with van der Waals surface area (Å²) < 4.78 is 27.7. The summed E-state index contributed by atoms with van der Waals surface area (Å²) >= 11 is 0. The highest BCUT2D eigenvalue weighted by Crippen LogP contribution is 2.29. The second-order valence-corrected chi connectivity index (χ2v) is 7.39. The van der Waals surface area contributed by atoms with Gasteiger partial charge in [0.25, 0.3) is 10.2 Å². The summed E-state index contributed by atoms with van der Waals surface area (Å²) in [5, 5.41) is 8.89. The van der Waals surface area contributed by atoms with Crippen LogP contribution >= 0.6 is 0 Å². The molecule has 2 aliphatic rings. The molecular formula is C12H22N2O4S. The minimum absolute atomic E-state index is 0.0703. The van der Waals surface area contributed by atoms with Crippen LogP contribution < -0.4 is 0 Å². The zero-order valence-corrected chi connectivity index (χ0v) is 12.1. The molecule has 0 spiro atoms. The van der Waals surface area contributed by atoms with Crippen LogP contribution in [0.5, 0.6) is 0 Å². The minimum atomic E-state index is -3.45. The first-order valence-corrected chi connectivity index (χ1v) is 8.32. The van der Waals surface area contributed by atoms with Gasteiger partial charge >= 0.3 is 5.97 Å². The second-order valence-electron chi connectivity index (χ2n) is 5.51. The number of hydrogen-bond acceptors (Lipinski definition) is 3. The summed E-state index contributed by atoms with van der Waals surface area (Å²) in [7, 11) is -3.45. The van der Waals surface area contributed by atoms with Gasteiger partial charge in [-0.25, -0.2) is 0 Å². The Balaban J connectivity index is 2.04. The van der Waals surface area contributed by atoms with Crippen molar-refractivity contribution in [2.45, 2.75) is 45.1 Å². The molecule has 0 aromatic rings. The van der Waals surface area contributed by atoms with Gasteiger partial charge in [-0.05, 0) is 12.8 Å². The molecule has 1 saturated carbocycles. The molecule has 0 aromatic heterocycles. The molecule has 0 bridgehead atoms. The monoisotopic (exact) mass is 290 g/mol. The molecule has 1 aliphatic carbocycles. The summed E-state index contributed by atoms with van der Waals surface area (Å²) in [6.45, 7) is 2.53. The van der Waals surface area contributed by atoms with E-state index in [-0.39, 0.29) is 12.6 Å². The van der Waals surface area contributed by atoms with E-state index in [2.05, 4.69) is 0 Å². The fourth-order valence-corrected chi connectivity index (χ4v) is 4.82. The van der Waals surface area contributed by atoms with Gasteiger partial charge in [-0.15, -0.1) is 0 Å². The largest absolute Gasteiger partial charge is 0.481 e. The van der Waals surface area contributed by atoms with E-state index in [1.165, 1.54) is 10.7 Å². The van der Waals surface area contributed by atoms with Crippen LogP contribution in [0.3, 0.4) is 0 Å². The number of carboxylic acids is 1. The molecule has 1 atom stereocenters. The molecular weight excluding hydrogens is 268 g/mol. The molecule has 0 amide bonds. The highest BCUT2D eigenvalue weighted by atomic mass is 32.2. The van der Waals surface area contributed by atoms with Crippen molar-refractivity contribution in [1.29, 1.82) is 0 Å². The van der Waals surface area contributed by atoms with E-state index in [9.17, 15) is 13.2 Å². The summed E-state index contributed by atoms with van der Waals surface area (Å²) in [6.07, 6.45) is 5.22. The van der Waals surface area contributed by atoms with Crippen molar-refractivity contribution in [2.24, 2.45) is 5.92 Å². The van der Waals surface area contributed by atoms with Gasteiger partial charge in [0.2, 0.25) is 0 Å². The predicted molar refractivity (Wildman–Crippen MR) is 70.9 cm³/mol. The number of hydrogen-bond donors (Lipinski definition) is 1. The fraction of sp³-hybridized carbons (Fsp3) is 0.917. The molecule has 19 heavy (non-hydrogen) atoms. The number of rotatable bonds is 4. The summed E-state index contributed by atoms with van der Waals surface area (Å²) in [5.41, 5.74) is 0. The standard InChI is InChI=1S/C12H22N2O4S/c1-10(12(15)16)9-13-7-8-14(19(13,17)18)11-5-3-2-4-6-11/h10-11H,2-9H2,1H3,(H,15,16). The topological polar surface area (TPSA) is 77.9 Å². The smallest absolute Gasteiger partial charge is 0.307 e. The van der Waals surface area contributed by atoms with Gasteiger partial charge in [-0.1, -0.05) is 26.2 Å². The molecule has 7 heteroatoms. The number of aliphatic carboxylic acids is 1. The van der Waals surface area contributed by atoms with Crippen molar-refractivity contribution in [1.82, 2.24) is 8.61 Å². The number of carboxylic acid groups (broad SMARTS) is 1. The van der Waals surface area contributed by atoms with E-state index in [1.807, 2.05) is 0 Å². The SMILES string of the molecule is CC(CN1CCN(C2CCCCC2)S1(=O)=O)C(=O)O. The molecule has 1 heterocycles. The Morgan fingerprint density at radius 2 is 1.89 bits per heavy atom. The number of nitrogens with zero attached hydrogens (tertiary/aromatic N) is 2. The van der Waals surface area contributed by atoms with Crippen LogP contribution in [0.1, 0.15) is 39.0 Å². The van der Waals surface area contributed by atoms with Crippen LogP contribution in [0.4, 0.5) is 0 Å². The van der Waals surface area contributed by atoms with E-state index in [0.717, 1.165) is 25.7 Å². The van der Waals surface area contributed by atoms with E-state index in [4.69, 9.17) is 5.11 Å². The fourth-order valence-electron chi connectivity index (χ4n) is 2.90. The minimum Gasteiger partial charge on any atom is -0.481 e. The summed E-state index contributed by atoms with van der Waals surface area (Å²) in [6, 6.07) is 0.115. The molecule has 1 N–H and O–H groups in total. The first-order valence-electron chi connectivity index (χ1n) is 6.92. The van der Waals surface area contributed by atoms with Crippen molar-refractivity contribution in [3.8, 4) is 0 Å².